The molecule has 3 rings (SSSR count). The summed E-state index contributed by atoms with van der Waals surface area (Å²) in [6.45, 7) is 8.04. The van der Waals surface area contributed by atoms with E-state index in [0.717, 1.165) is 16.7 Å². The summed E-state index contributed by atoms with van der Waals surface area (Å²) in [4.78, 5) is 24.5. The Morgan fingerprint density at radius 2 is 1.53 bits per heavy atom. The maximum absolute atomic E-state index is 12.7. The van der Waals surface area contributed by atoms with Crippen molar-refractivity contribution < 1.29 is 9.59 Å². The van der Waals surface area contributed by atoms with E-state index in [4.69, 9.17) is 5.73 Å². The van der Waals surface area contributed by atoms with Crippen LogP contribution in [0.3, 0.4) is 0 Å². The zero-order valence-corrected chi connectivity index (χ0v) is 19.0. The molecule has 3 amide bonds. The maximum atomic E-state index is 12.7. The molecule has 166 valence electrons. The number of rotatable bonds is 6. The van der Waals surface area contributed by atoms with Gasteiger partial charge in [-0.15, -0.1) is 0 Å². The Hall–Kier alpha value is -3.80. The number of carbonyl (C=O) groups excluding carboxylic acids is 2. The predicted octanol–water partition coefficient (Wildman–Crippen LogP) is 6.36. The van der Waals surface area contributed by atoms with Crippen molar-refractivity contribution in [2.45, 2.75) is 40.0 Å². The standard InChI is InChI=1S/C26H30N4O2/c1-5-25(31)28-21-10-6-17(4)22(15-21)23-14-19(27)9-13-24(23)30-26(32)29-20-11-7-18(8-12-20)16(2)3/h6-16H,5,27H2,1-4H3,(H,28,31)(H2,29,30,32). The molecule has 5 N–H and O–H groups in total. The van der Waals surface area contributed by atoms with Crippen LogP contribution in [0.4, 0.5) is 27.5 Å². The molecule has 0 aliphatic carbocycles. The number of carbonyl (C=O) groups is 2. The van der Waals surface area contributed by atoms with Crippen molar-refractivity contribution in [1.82, 2.24) is 0 Å². The predicted molar refractivity (Wildman–Crippen MR) is 133 cm³/mol. The first-order chi connectivity index (χ1) is 15.3. The van der Waals surface area contributed by atoms with Gasteiger partial charge in [-0.1, -0.05) is 39.0 Å². The molecule has 0 unspecified atom stereocenters. The first-order valence-electron chi connectivity index (χ1n) is 10.7. The fraction of sp³-hybridized carbons (Fsp3) is 0.231. The van der Waals surface area contributed by atoms with Crippen LogP contribution in [-0.4, -0.2) is 11.9 Å². The van der Waals surface area contributed by atoms with E-state index >= 15 is 0 Å². The van der Waals surface area contributed by atoms with Crippen LogP contribution >= 0.6 is 0 Å². The Bertz CT molecular complexity index is 1120. The number of hydrogen-bond donors (Lipinski definition) is 4. The average molecular weight is 431 g/mol. The number of anilines is 4. The molecule has 6 heteroatoms. The second-order valence-electron chi connectivity index (χ2n) is 8.09. The molecule has 0 saturated carbocycles. The Balaban J connectivity index is 1.86. The van der Waals surface area contributed by atoms with E-state index < -0.39 is 0 Å². The minimum Gasteiger partial charge on any atom is -0.399 e. The van der Waals surface area contributed by atoms with Gasteiger partial charge >= 0.3 is 6.03 Å². The quantitative estimate of drug-likeness (QED) is 0.343. The van der Waals surface area contributed by atoms with Gasteiger partial charge in [-0.25, -0.2) is 4.79 Å². The number of nitrogen functional groups attached to an aromatic ring is 1. The highest BCUT2D eigenvalue weighted by atomic mass is 16.2. The van der Waals surface area contributed by atoms with Gasteiger partial charge in [0.1, 0.15) is 0 Å². The molecule has 3 aromatic carbocycles. The maximum Gasteiger partial charge on any atom is 0.323 e. The largest absolute Gasteiger partial charge is 0.399 e. The van der Waals surface area contributed by atoms with E-state index in [9.17, 15) is 9.59 Å². The van der Waals surface area contributed by atoms with Gasteiger partial charge in [0.05, 0.1) is 5.69 Å². The lowest BCUT2D eigenvalue weighted by Gasteiger charge is -2.16. The summed E-state index contributed by atoms with van der Waals surface area (Å²) in [7, 11) is 0. The second kappa shape index (κ2) is 10.0. The normalized spacial score (nSPS) is 10.7. The zero-order chi connectivity index (χ0) is 23.3. The van der Waals surface area contributed by atoms with Crippen LogP contribution < -0.4 is 21.7 Å². The molecule has 32 heavy (non-hydrogen) atoms. The van der Waals surface area contributed by atoms with Crippen LogP contribution in [0.15, 0.2) is 60.7 Å². The van der Waals surface area contributed by atoms with Gasteiger partial charge in [0.15, 0.2) is 0 Å². The smallest absolute Gasteiger partial charge is 0.323 e. The minimum atomic E-state index is -0.346. The summed E-state index contributed by atoms with van der Waals surface area (Å²) < 4.78 is 0. The SMILES string of the molecule is CCC(=O)Nc1ccc(C)c(-c2cc(N)ccc2NC(=O)Nc2ccc(C(C)C)cc2)c1. The molecule has 0 aliphatic rings. The zero-order valence-electron chi connectivity index (χ0n) is 19.0. The first-order valence-corrected chi connectivity index (χ1v) is 10.7. The van der Waals surface area contributed by atoms with E-state index in [1.165, 1.54) is 5.56 Å². The summed E-state index contributed by atoms with van der Waals surface area (Å²) in [6.07, 6.45) is 0.395. The van der Waals surface area contributed by atoms with Crippen LogP contribution in [0.25, 0.3) is 11.1 Å². The molecular formula is C26H30N4O2. The van der Waals surface area contributed by atoms with E-state index in [1.807, 2.05) is 55.5 Å². The van der Waals surface area contributed by atoms with Crippen molar-refractivity contribution in [2.24, 2.45) is 0 Å². The van der Waals surface area contributed by atoms with Crippen molar-refractivity contribution in [3.63, 3.8) is 0 Å². The average Bonchev–Trinajstić information content (AvgIpc) is 2.76. The molecule has 0 atom stereocenters. The third-order valence-electron chi connectivity index (χ3n) is 5.26. The van der Waals surface area contributed by atoms with Crippen molar-refractivity contribution >= 4 is 34.7 Å². The lowest BCUT2D eigenvalue weighted by Crippen LogP contribution is -2.20. The molecule has 0 aromatic heterocycles. The van der Waals surface area contributed by atoms with Gasteiger partial charge in [-0.3, -0.25) is 4.79 Å². The minimum absolute atomic E-state index is 0.0615. The van der Waals surface area contributed by atoms with Gasteiger partial charge in [0.2, 0.25) is 5.91 Å². The highest BCUT2D eigenvalue weighted by Crippen LogP contribution is 2.34. The number of nitrogens with two attached hydrogens (primary N) is 1. The monoisotopic (exact) mass is 430 g/mol. The Labute approximate surface area is 189 Å². The molecular weight excluding hydrogens is 400 g/mol. The number of hydrogen-bond acceptors (Lipinski definition) is 3. The molecule has 0 saturated heterocycles. The summed E-state index contributed by atoms with van der Waals surface area (Å²) in [5.74, 6) is 0.366. The van der Waals surface area contributed by atoms with E-state index in [1.54, 1.807) is 19.1 Å². The number of aryl methyl sites for hydroxylation is 1. The van der Waals surface area contributed by atoms with Crippen molar-refractivity contribution in [1.29, 1.82) is 0 Å². The number of benzene rings is 3. The summed E-state index contributed by atoms with van der Waals surface area (Å²) in [5.41, 5.74) is 12.5. The molecule has 0 heterocycles. The number of amides is 3. The van der Waals surface area contributed by atoms with Crippen LogP contribution in [0.1, 0.15) is 44.2 Å². The Morgan fingerprint density at radius 3 is 2.19 bits per heavy atom. The van der Waals surface area contributed by atoms with Crippen LogP contribution in [0, 0.1) is 6.92 Å². The van der Waals surface area contributed by atoms with Crippen LogP contribution in [0.5, 0.6) is 0 Å². The van der Waals surface area contributed by atoms with Crippen molar-refractivity contribution in [3.8, 4) is 11.1 Å². The molecule has 6 nitrogen and oxygen atoms in total. The molecule has 0 bridgehead atoms. The first kappa shape index (κ1) is 22.9. The molecule has 3 aromatic rings. The topological polar surface area (TPSA) is 96.2 Å². The highest BCUT2D eigenvalue weighted by molar-refractivity contribution is 6.03. The fourth-order valence-electron chi connectivity index (χ4n) is 3.37. The lowest BCUT2D eigenvalue weighted by molar-refractivity contribution is -0.115. The van der Waals surface area contributed by atoms with Crippen molar-refractivity contribution in [2.75, 3.05) is 21.7 Å². The lowest BCUT2D eigenvalue weighted by atomic mass is 9.97. The van der Waals surface area contributed by atoms with Gasteiger partial charge < -0.3 is 21.7 Å². The molecule has 0 aliphatic heterocycles. The van der Waals surface area contributed by atoms with Gasteiger partial charge in [0, 0.05) is 29.0 Å². The molecule has 0 spiro atoms. The Kier molecular flexibility index (Phi) is 7.15. The van der Waals surface area contributed by atoms with Crippen LogP contribution in [0.2, 0.25) is 0 Å². The molecule has 0 fully saturated rings. The van der Waals surface area contributed by atoms with Gasteiger partial charge in [0.25, 0.3) is 0 Å². The third kappa shape index (κ3) is 5.66. The summed E-state index contributed by atoms with van der Waals surface area (Å²) in [6, 6.07) is 18.5. The third-order valence-corrected chi connectivity index (χ3v) is 5.26. The van der Waals surface area contributed by atoms with E-state index in [0.29, 0.717) is 35.1 Å². The van der Waals surface area contributed by atoms with Crippen molar-refractivity contribution in [3.05, 3.63) is 71.8 Å². The number of urea groups is 1. The summed E-state index contributed by atoms with van der Waals surface area (Å²) in [5, 5.41) is 8.68. The number of nitrogens with one attached hydrogen (secondary N) is 3. The highest BCUT2D eigenvalue weighted by Gasteiger charge is 2.13. The van der Waals surface area contributed by atoms with E-state index in [2.05, 4.69) is 29.8 Å². The Morgan fingerprint density at radius 1 is 0.844 bits per heavy atom. The van der Waals surface area contributed by atoms with Crippen LogP contribution in [-0.2, 0) is 4.79 Å². The van der Waals surface area contributed by atoms with Gasteiger partial charge in [-0.05, 0) is 72.0 Å². The summed E-state index contributed by atoms with van der Waals surface area (Å²) >= 11 is 0. The van der Waals surface area contributed by atoms with Gasteiger partial charge in [-0.2, -0.15) is 0 Å². The second-order valence-corrected chi connectivity index (χ2v) is 8.09. The molecule has 0 radical (unpaired) electrons. The fourth-order valence-corrected chi connectivity index (χ4v) is 3.37. The van der Waals surface area contributed by atoms with E-state index in [-0.39, 0.29) is 11.9 Å².